The molecule has 0 unspecified atom stereocenters. The van der Waals surface area contributed by atoms with Crippen LogP contribution < -0.4 is 15.4 Å². The van der Waals surface area contributed by atoms with Crippen LogP contribution in [0.4, 0.5) is 5.69 Å². The Labute approximate surface area is 167 Å². The molecule has 6 nitrogen and oxygen atoms in total. The number of hydrogen-bond acceptors (Lipinski definition) is 5. The smallest absolute Gasteiger partial charge is 0.234 e. The summed E-state index contributed by atoms with van der Waals surface area (Å²) in [5.41, 5.74) is 1.91. The van der Waals surface area contributed by atoms with Gasteiger partial charge < -0.3 is 15.4 Å². The first-order valence-corrected chi connectivity index (χ1v) is 9.65. The van der Waals surface area contributed by atoms with Crippen molar-refractivity contribution in [3.8, 4) is 11.8 Å². The molecule has 0 saturated heterocycles. The minimum absolute atomic E-state index is 0.0777. The number of hydrogen-bond donors (Lipinski definition) is 2. The SMILES string of the molecule is COc1ccccc1[C@@H]1CC(=O)NC(SCC(=O)Nc2ccccc2)=C1C#N. The number of anilines is 1. The molecule has 2 aromatic rings. The van der Waals surface area contributed by atoms with Gasteiger partial charge in [0.1, 0.15) is 5.75 Å². The predicted molar refractivity (Wildman–Crippen MR) is 109 cm³/mol. The van der Waals surface area contributed by atoms with Crippen molar-refractivity contribution in [2.75, 3.05) is 18.2 Å². The Bertz CT molecular complexity index is 951. The number of nitriles is 1. The second-order valence-corrected chi connectivity index (χ2v) is 7.09. The highest BCUT2D eigenvalue weighted by Gasteiger charge is 2.31. The quantitative estimate of drug-likeness (QED) is 0.785. The molecule has 1 aliphatic rings. The lowest BCUT2D eigenvalue weighted by Crippen LogP contribution is -2.31. The number of nitrogens with one attached hydrogen (secondary N) is 2. The highest BCUT2D eigenvalue weighted by Crippen LogP contribution is 2.39. The van der Waals surface area contributed by atoms with Gasteiger partial charge in [0.25, 0.3) is 0 Å². The molecular formula is C21H19N3O3S. The number of carbonyl (C=O) groups excluding carboxylic acids is 2. The fourth-order valence-corrected chi connectivity index (χ4v) is 3.89. The van der Waals surface area contributed by atoms with E-state index in [1.165, 1.54) is 0 Å². The summed E-state index contributed by atoms with van der Waals surface area (Å²) in [6.07, 6.45) is 0.156. The molecule has 1 heterocycles. The molecule has 0 fully saturated rings. The third-order valence-corrected chi connectivity index (χ3v) is 5.29. The number of rotatable bonds is 6. The van der Waals surface area contributed by atoms with Gasteiger partial charge in [0, 0.05) is 23.6 Å². The molecule has 1 atom stereocenters. The van der Waals surface area contributed by atoms with Crippen molar-refractivity contribution in [2.24, 2.45) is 0 Å². The molecule has 0 saturated carbocycles. The number of nitrogens with zero attached hydrogens (tertiary/aromatic N) is 1. The molecule has 28 heavy (non-hydrogen) atoms. The van der Waals surface area contributed by atoms with E-state index >= 15 is 0 Å². The lowest BCUT2D eigenvalue weighted by molar-refractivity contribution is -0.121. The molecule has 7 heteroatoms. The van der Waals surface area contributed by atoms with Crippen molar-refractivity contribution >= 4 is 29.3 Å². The van der Waals surface area contributed by atoms with Gasteiger partial charge in [-0.15, -0.1) is 0 Å². The number of amides is 2. The number of ether oxygens (including phenoxy) is 1. The first-order valence-electron chi connectivity index (χ1n) is 8.67. The van der Waals surface area contributed by atoms with Crippen LogP contribution in [0.5, 0.6) is 5.75 Å². The number of carbonyl (C=O) groups is 2. The van der Waals surface area contributed by atoms with Gasteiger partial charge in [-0.2, -0.15) is 5.26 Å². The molecule has 0 aromatic heterocycles. The maximum Gasteiger partial charge on any atom is 0.234 e. The molecule has 0 spiro atoms. The van der Waals surface area contributed by atoms with Crippen LogP contribution >= 0.6 is 11.8 Å². The van der Waals surface area contributed by atoms with Gasteiger partial charge >= 0.3 is 0 Å². The van der Waals surface area contributed by atoms with Gasteiger partial charge in [0.2, 0.25) is 11.8 Å². The van der Waals surface area contributed by atoms with Gasteiger partial charge in [-0.05, 0) is 18.2 Å². The molecule has 2 N–H and O–H groups in total. The van der Waals surface area contributed by atoms with E-state index in [0.717, 1.165) is 17.3 Å². The Balaban J connectivity index is 1.79. The molecule has 2 amide bonds. The average Bonchev–Trinajstić information content (AvgIpc) is 2.72. The van der Waals surface area contributed by atoms with Gasteiger partial charge in [-0.3, -0.25) is 9.59 Å². The van der Waals surface area contributed by atoms with E-state index in [1.54, 1.807) is 25.3 Å². The number of para-hydroxylation sites is 2. The monoisotopic (exact) mass is 393 g/mol. The van der Waals surface area contributed by atoms with E-state index in [1.807, 2.05) is 36.4 Å². The van der Waals surface area contributed by atoms with E-state index < -0.39 is 5.92 Å². The Morgan fingerprint density at radius 2 is 1.96 bits per heavy atom. The van der Waals surface area contributed by atoms with Crippen LogP contribution in [0.3, 0.4) is 0 Å². The van der Waals surface area contributed by atoms with E-state index in [9.17, 15) is 14.9 Å². The molecular weight excluding hydrogens is 374 g/mol. The standard InChI is InChI=1S/C21H19N3O3S/c1-27-18-10-6-5-9-15(18)16-11-19(25)24-21(17(16)12-22)28-13-20(26)23-14-7-3-2-4-8-14/h2-10,16H,11,13H2,1H3,(H,23,26)(H,24,25)/t16-/m0/s1. The summed E-state index contributed by atoms with van der Waals surface area (Å²) in [6.45, 7) is 0. The molecule has 0 bridgehead atoms. The minimum atomic E-state index is -0.408. The average molecular weight is 393 g/mol. The van der Waals surface area contributed by atoms with Crippen LogP contribution in [0.2, 0.25) is 0 Å². The van der Waals surface area contributed by atoms with Gasteiger partial charge in [0.15, 0.2) is 0 Å². The van der Waals surface area contributed by atoms with Gasteiger partial charge in [-0.1, -0.05) is 48.2 Å². The lowest BCUT2D eigenvalue weighted by Gasteiger charge is -2.26. The summed E-state index contributed by atoms with van der Waals surface area (Å²) in [6, 6.07) is 18.7. The third-order valence-electron chi connectivity index (χ3n) is 4.28. The minimum Gasteiger partial charge on any atom is -0.496 e. The van der Waals surface area contributed by atoms with E-state index in [2.05, 4.69) is 16.7 Å². The highest BCUT2D eigenvalue weighted by molar-refractivity contribution is 8.03. The van der Waals surface area contributed by atoms with Crippen molar-refractivity contribution in [1.29, 1.82) is 5.26 Å². The number of benzene rings is 2. The van der Waals surface area contributed by atoms with Crippen molar-refractivity contribution < 1.29 is 14.3 Å². The van der Waals surface area contributed by atoms with E-state index in [0.29, 0.717) is 22.0 Å². The predicted octanol–water partition coefficient (Wildman–Crippen LogP) is 3.41. The first kappa shape index (κ1) is 19.5. The van der Waals surface area contributed by atoms with Crippen molar-refractivity contribution in [2.45, 2.75) is 12.3 Å². The number of methoxy groups -OCH3 is 1. The Morgan fingerprint density at radius 1 is 1.25 bits per heavy atom. The van der Waals surface area contributed by atoms with Crippen molar-refractivity contribution in [3.63, 3.8) is 0 Å². The van der Waals surface area contributed by atoms with Crippen LogP contribution in [0.25, 0.3) is 0 Å². The van der Waals surface area contributed by atoms with E-state index in [-0.39, 0.29) is 24.0 Å². The van der Waals surface area contributed by atoms with Crippen molar-refractivity contribution in [1.82, 2.24) is 5.32 Å². The summed E-state index contributed by atoms with van der Waals surface area (Å²) >= 11 is 1.15. The van der Waals surface area contributed by atoms with Crippen LogP contribution in [-0.2, 0) is 9.59 Å². The van der Waals surface area contributed by atoms with Crippen LogP contribution in [0.1, 0.15) is 17.9 Å². The first-order chi connectivity index (χ1) is 13.6. The van der Waals surface area contributed by atoms with Crippen LogP contribution in [0, 0.1) is 11.3 Å². The number of thioether (sulfide) groups is 1. The zero-order chi connectivity index (χ0) is 19.9. The Morgan fingerprint density at radius 3 is 2.68 bits per heavy atom. The topological polar surface area (TPSA) is 91.2 Å². The lowest BCUT2D eigenvalue weighted by atomic mass is 9.86. The Hall–Kier alpha value is -3.24. The third kappa shape index (κ3) is 4.53. The maximum absolute atomic E-state index is 12.2. The molecule has 142 valence electrons. The summed E-state index contributed by atoms with van der Waals surface area (Å²) in [5.74, 6) is -0.111. The largest absolute Gasteiger partial charge is 0.496 e. The summed E-state index contributed by atoms with van der Waals surface area (Å²) in [4.78, 5) is 24.5. The molecule has 3 rings (SSSR count). The molecule has 1 aliphatic heterocycles. The molecule has 0 aliphatic carbocycles. The molecule has 2 aromatic carbocycles. The van der Waals surface area contributed by atoms with Gasteiger partial charge in [-0.25, -0.2) is 0 Å². The summed E-state index contributed by atoms with van der Waals surface area (Å²) in [7, 11) is 1.56. The second-order valence-electron chi connectivity index (χ2n) is 6.10. The van der Waals surface area contributed by atoms with Crippen LogP contribution in [-0.4, -0.2) is 24.7 Å². The zero-order valence-electron chi connectivity index (χ0n) is 15.3. The van der Waals surface area contributed by atoms with E-state index in [4.69, 9.17) is 4.74 Å². The normalized spacial score (nSPS) is 16.1. The number of allylic oxidation sites excluding steroid dienone is 1. The van der Waals surface area contributed by atoms with Gasteiger partial charge in [0.05, 0.1) is 29.5 Å². The van der Waals surface area contributed by atoms with Crippen LogP contribution in [0.15, 0.2) is 65.2 Å². The second kappa shape index (κ2) is 9.11. The fourth-order valence-electron chi connectivity index (χ4n) is 3.01. The van der Waals surface area contributed by atoms with Crippen molar-refractivity contribution in [3.05, 3.63) is 70.8 Å². The zero-order valence-corrected chi connectivity index (χ0v) is 16.1. The molecule has 0 radical (unpaired) electrons. The fraction of sp³-hybridized carbons (Fsp3) is 0.190. The summed E-state index contributed by atoms with van der Waals surface area (Å²) < 4.78 is 5.39. The Kier molecular flexibility index (Phi) is 6.35. The summed E-state index contributed by atoms with van der Waals surface area (Å²) in [5, 5.41) is 15.7. The maximum atomic E-state index is 12.2. The highest BCUT2D eigenvalue weighted by atomic mass is 32.2.